The minimum Gasteiger partial charge on any atom is -0.444 e. The molecule has 0 atom stereocenters. The van der Waals surface area contributed by atoms with Crippen LogP contribution in [0.3, 0.4) is 0 Å². The lowest BCUT2D eigenvalue weighted by atomic mass is 10.1. The minimum absolute atomic E-state index is 0.238. The quantitative estimate of drug-likeness (QED) is 0.840. The Morgan fingerprint density at radius 2 is 2.00 bits per heavy atom. The smallest absolute Gasteiger partial charge is 0.410 e. The number of rotatable bonds is 1. The first-order valence-electron chi connectivity index (χ1n) is 6.97. The second-order valence-corrected chi connectivity index (χ2v) is 6.13. The number of hydrogen-bond acceptors (Lipinski definition) is 4. The van der Waals surface area contributed by atoms with Gasteiger partial charge in [0.2, 0.25) is 0 Å². The molecule has 0 fully saturated rings. The average Bonchev–Trinajstić information content (AvgIpc) is 2.73. The highest BCUT2D eigenvalue weighted by Crippen LogP contribution is 2.23. The molecule has 2 heterocycles. The van der Waals surface area contributed by atoms with Crippen molar-refractivity contribution in [1.82, 2.24) is 20.0 Å². The standard InChI is InChI=1S/C14H22N4O3/c1-14(2,3)21-13(20)18-7-6-10-9(8-18)11(12(19)15-4)16-17(10)5/h6-8H2,1-5H3,(H,15,19). The highest BCUT2D eigenvalue weighted by molar-refractivity contribution is 5.94. The molecule has 0 saturated carbocycles. The lowest BCUT2D eigenvalue weighted by Gasteiger charge is -2.30. The number of fused-ring (bicyclic) bond motifs is 1. The molecule has 0 radical (unpaired) electrons. The molecule has 1 aliphatic rings. The molecule has 0 spiro atoms. The first-order chi connectivity index (χ1) is 9.73. The van der Waals surface area contributed by atoms with Crippen LogP contribution in [-0.2, 0) is 24.8 Å². The predicted molar refractivity (Wildman–Crippen MR) is 76.9 cm³/mol. The Balaban J connectivity index is 2.23. The van der Waals surface area contributed by atoms with E-state index in [0.717, 1.165) is 11.3 Å². The Hall–Kier alpha value is -2.05. The van der Waals surface area contributed by atoms with E-state index in [4.69, 9.17) is 4.74 Å². The zero-order chi connectivity index (χ0) is 15.8. The van der Waals surface area contributed by atoms with Gasteiger partial charge in [-0.05, 0) is 20.8 Å². The largest absolute Gasteiger partial charge is 0.444 e. The van der Waals surface area contributed by atoms with Gasteiger partial charge in [0.05, 0.1) is 6.54 Å². The van der Waals surface area contributed by atoms with Gasteiger partial charge in [0.25, 0.3) is 5.91 Å². The molecular formula is C14H22N4O3. The molecule has 7 heteroatoms. The van der Waals surface area contributed by atoms with Crippen molar-refractivity contribution in [2.24, 2.45) is 7.05 Å². The van der Waals surface area contributed by atoms with Crippen LogP contribution in [0.15, 0.2) is 0 Å². The van der Waals surface area contributed by atoms with Crippen LogP contribution in [0.1, 0.15) is 42.5 Å². The van der Waals surface area contributed by atoms with Crippen molar-refractivity contribution in [3.05, 3.63) is 17.0 Å². The molecule has 7 nitrogen and oxygen atoms in total. The maximum atomic E-state index is 12.2. The topological polar surface area (TPSA) is 76.5 Å². The van der Waals surface area contributed by atoms with E-state index in [1.807, 2.05) is 27.8 Å². The summed E-state index contributed by atoms with van der Waals surface area (Å²) in [6.07, 6.45) is 0.301. The Bertz CT molecular complexity index is 572. The number of ether oxygens (including phenoxy) is 1. The van der Waals surface area contributed by atoms with E-state index < -0.39 is 5.60 Å². The molecule has 0 saturated heterocycles. The van der Waals surface area contributed by atoms with Gasteiger partial charge in [0.15, 0.2) is 5.69 Å². The van der Waals surface area contributed by atoms with Crippen molar-refractivity contribution in [2.75, 3.05) is 13.6 Å². The third kappa shape index (κ3) is 3.17. The van der Waals surface area contributed by atoms with E-state index in [9.17, 15) is 9.59 Å². The summed E-state index contributed by atoms with van der Waals surface area (Å²) in [4.78, 5) is 25.7. The van der Waals surface area contributed by atoms with Gasteiger partial charge in [-0.15, -0.1) is 0 Å². The van der Waals surface area contributed by atoms with Crippen LogP contribution in [0.5, 0.6) is 0 Å². The highest BCUT2D eigenvalue weighted by Gasteiger charge is 2.31. The molecule has 0 aromatic carbocycles. The number of nitrogens with one attached hydrogen (secondary N) is 1. The first kappa shape index (κ1) is 15.3. The summed E-state index contributed by atoms with van der Waals surface area (Å²) in [6, 6.07) is 0. The van der Waals surface area contributed by atoms with Gasteiger partial charge < -0.3 is 15.0 Å². The zero-order valence-corrected chi connectivity index (χ0v) is 13.2. The van der Waals surface area contributed by atoms with E-state index in [1.54, 1.807) is 16.6 Å². The first-order valence-corrected chi connectivity index (χ1v) is 6.97. The van der Waals surface area contributed by atoms with E-state index in [0.29, 0.717) is 25.2 Å². The third-order valence-electron chi connectivity index (χ3n) is 3.34. The summed E-state index contributed by atoms with van der Waals surface area (Å²) >= 11 is 0. The van der Waals surface area contributed by atoms with Crippen molar-refractivity contribution < 1.29 is 14.3 Å². The van der Waals surface area contributed by atoms with Crippen LogP contribution >= 0.6 is 0 Å². The number of aryl methyl sites for hydroxylation is 1. The molecule has 2 rings (SSSR count). The molecule has 1 N–H and O–H groups in total. The van der Waals surface area contributed by atoms with E-state index in [2.05, 4.69) is 10.4 Å². The van der Waals surface area contributed by atoms with Gasteiger partial charge in [-0.3, -0.25) is 9.48 Å². The normalized spacial score (nSPS) is 14.6. The van der Waals surface area contributed by atoms with Crippen molar-refractivity contribution in [1.29, 1.82) is 0 Å². The van der Waals surface area contributed by atoms with E-state index in [-0.39, 0.29) is 12.0 Å². The third-order valence-corrected chi connectivity index (χ3v) is 3.34. The molecular weight excluding hydrogens is 272 g/mol. The summed E-state index contributed by atoms with van der Waals surface area (Å²) in [5.41, 5.74) is 1.64. The summed E-state index contributed by atoms with van der Waals surface area (Å²) in [7, 11) is 3.38. The molecule has 0 aliphatic carbocycles. The van der Waals surface area contributed by atoms with Gasteiger partial charge in [-0.2, -0.15) is 5.10 Å². The van der Waals surface area contributed by atoms with Crippen molar-refractivity contribution in [3.63, 3.8) is 0 Å². The monoisotopic (exact) mass is 294 g/mol. The van der Waals surface area contributed by atoms with E-state index in [1.165, 1.54) is 0 Å². The van der Waals surface area contributed by atoms with Crippen LogP contribution in [0.25, 0.3) is 0 Å². The number of carbonyl (C=O) groups excluding carboxylic acids is 2. The Morgan fingerprint density at radius 1 is 1.33 bits per heavy atom. The molecule has 1 aliphatic heterocycles. The fourth-order valence-electron chi connectivity index (χ4n) is 2.38. The molecule has 1 aromatic rings. The van der Waals surface area contributed by atoms with Crippen LogP contribution in [0.4, 0.5) is 4.79 Å². The summed E-state index contributed by atoms with van der Waals surface area (Å²) < 4.78 is 7.10. The molecule has 0 unspecified atom stereocenters. The second-order valence-electron chi connectivity index (χ2n) is 6.13. The lowest BCUT2D eigenvalue weighted by molar-refractivity contribution is 0.0221. The van der Waals surface area contributed by atoms with Crippen molar-refractivity contribution in [2.45, 2.75) is 39.3 Å². The summed E-state index contributed by atoms with van der Waals surface area (Å²) in [5.74, 6) is -0.238. The number of carbonyl (C=O) groups is 2. The molecule has 21 heavy (non-hydrogen) atoms. The number of hydrogen-bond donors (Lipinski definition) is 1. The molecule has 2 amide bonds. The van der Waals surface area contributed by atoms with Gasteiger partial charge in [-0.25, -0.2) is 4.79 Å². The summed E-state index contributed by atoms with van der Waals surface area (Å²) in [5, 5.41) is 6.83. The van der Waals surface area contributed by atoms with Gasteiger partial charge in [-0.1, -0.05) is 0 Å². The Morgan fingerprint density at radius 3 is 2.57 bits per heavy atom. The van der Waals surface area contributed by atoms with Crippen LogP contribution in [-0.4, -0.2) is 45.9 Å². The maximum Gasteiger partial charge on any atom is 0.410 e. The van der Waals surface area contributed by atoms with Crippen LogP contribution < -0.4 is 5.32 Å². The number of aromatic nitrogens is 2. The lowest BCUT2D eigenvalue weighted by Crippen LogP contribution is -2.40. The Kier molecular flexibility index (Phi) is 3.93. The Labute approximate surface area is 124 Å². The molecule has 0 bridgehead atoms. The SMILES string of the molecule is CNC(=O)c1nn(C)c2c1CN(C(=O)OC(C)(C)C)CC2. The van der Waals surface area contributed by atoms with Crippen LogP contribution in [0, 0.1) is 0 Å². The zero-order valence-electron chi connectivity index (χ0n) is 13.2. The van der Waals surface area contributed by atoms with Crippen molar-refractivity contribution in [3.8, 4) is 0 Å². The van der Waals surface area contributed by atoms with Crippen molar-refractivity contribution >= 4 is 12.0 Å². The second kappa shape index (κ2) is 5.38. The maximum absolute atomic E-state index is 12.2. The number of nitrogens with zero attached hydrogens (tertiary/aromatic N) is 3. The minimum atomic E-state index is -0.532. The fourth-order valence-corrected chi connectivity index (χ4v) is 2.38. The number of amides is 2. The summed E-state index contributed by atoms with van der Waals surface area (Å²) in [6.45, 7) is 6.41. The van der Waals surface area contributed by atoms with Gasteiger partial charge in [0, 0.05) is 38.3 Å². The predicted octanol–water partition coefficient (Wildman–Crippen LogP) is 1.07. The fraction of sp³-hybridized carbons (Fsp3) is 0.643. The molecule has 116 valence electrons. The average molecular weight is 294 g/mol. The van der Waals surface area contributed by atoms with Crippen LogP contribution in [0.2, 0.25) is 0 Å². The van der Waals surface area contributed by atoms with Gasteiger partial charge >= 0.3 is 6.09 Å². The molecule has 1 aromatic heterocycles. The van der Waals surface area contributed by atoms with E-state index >= 15 is 0 Å². The van der Waals surface area contributed by atoms with Gasteiger partial charge in [0.1, 0.15) is 5.60 Å². The highest BCUT2D eigenvalue weighted by atomic mass is 16.6.